The average Bonchev–Trinajstić information content (AvgIpc) is 2.98. The molecule has 1 atom stereocenters. The molecule has 134 valence electrons. The molecule has 2 amide bonds. The molecule has 1 aromatic carbocycles. The Morgan fingerprint density at radius 2 is 2.12 bits per heavy atom. The van der Waals surface area contributed by atoms with E-state index in [1.165, 1.54) is 20.8 Å². The van der Waals surface area contributed by atoms with Gasteiger partial charge in [-0.2, -0.15) is 4.58 Å². The van der Waals surface area contributed by atoms with Crippen LogP contribution in [0.1, 0.15) is 55.5 Å². The molecule has 0 aliphatic carbocycles. The summed E-state index contributed by atoms with van der Waals surface area (Å²) in [6.45, 7) is -3.96. The van der Waals surface area contributed by atoms with E-state index in [0.29, 0.717) is 4.58 Å². The molecule has 3 rings (SSSR count). The van der Waals surface area contributed by atoms with Crippen LogP contribution in [0.25, 0.3) is 0 Å². The molecule has 0 aromatic heterocycles. The summed E-state index contributed by atoms with van der Waals surface area (Å²) in [7, 11) is 0. The van der Waals surface area contributed by atoms with Crippen molar-refractivity contribution < 1.29 is 37.1 Å². The Morgan fingerprint density at radius 3 is 2.68 bits per heavy atom. The number of halogens is 1. The van der Waals surface area contributed by atoms with E-state index < -0.39 is 94.3 Å². The first-order valence-corrected chi connectivity index (χ1v) is 7.49. The third kappa shape index (κ3) is 3.11. The largest absolute Gasteiger partial charge is 0.465 e. The lowest BCUT2D eigenvalue weighted by Crippen LogP contribution is -2.64. The number of nitrogens with zero attached hydrogens (tertiary/aromatic N) is 2. The zero-order valence-corrected chi connectivity index (χ0v) is 14.2. The fourth-order valence-electron chi connectivity index (χ4n) is 2.60. The van der Waals surface area contributed by atoms with Crippen molar-refractivity contribution in [3.8, 4) is 0 Å². The van der Waals surface area contributed by atoms with Crippen LogP contribution in [0, 0.1) is 0 Å². The van der Waals surface area contributed by atoms with Gasteiger partial charge in [0.1, 0.15) is 6.50 Å². The van der Waals surface area contributed by atoms with Gasteiger partial charge in [-0.25, -0.2) is 4.79 Å². The molecule has 2 N–H and O–H groups in total. The van der Waals surface area contributed by atoms with Crippen molar-refractivity contribution in [2.45, 2.75) is 44.7 Å². The van der Waals surface area contributed by atoms with Gasteiger partial charge in [0.15, 0.2) is 6.95 Å². The predicted molar refractivity (Wildman–Crippen MR) is 95.3 cm³/mol. The van der Waals surface area contributed by atoms with E-state index >= 15 is 0 Å². The van der Waals surface area contributed by atoms with E-state index in [4.69, 9.17) is 29.5 Å². The highest BCUT2D eigenvalue weighted by Crippen LogP contribution is 2.32. The molecule has 1 spiro atoms. The number of carboxylic acid groups (broad SMARTS) is 1. The summed E-state index contributed by atoms with van der Waals surface area (Å²) in [6, 6.07) is -3.46. The smallest absolute Gasteiger partial charge is 0.407 e. The van der Waals surface area contributed by atoms with E-state index in [9.17, 15) is 14.7 Å². The second kappa shape index (κ2) is 6.02. The number of hydrogen-bond acceptors (Lipinski definition) is 2. The van der Waals surface area contributed by atoms with Crippen LogP contribution in [-0.2, 0) is 4.79 Å². The minimum Gasteiger partial charge on any atom is -0.465 e. The summed E-state index contributed by atoms with van der Waals surface area (Å²) in [5.74, 6) is -1.61. The van der Waals surface area contributed by atoms with Crippen molar-refractivity contribution in [1.29, 1.82) is 0 Å². The fourth-order valence-corrected chi connectivity index (χ4v) is 2.69. The van der Waals surface area contributed by atoms with E-state index in [1.54, 1.807) is 0 Å². The number of nitrogens with one attached hydrogen (secondary N) is 1. The zero-order valence-electron chi connectivity index (χ0n) is 26.5. The third-order valence-corrected chi connectivity index (χ3v) is 3.57. The molecule has 0 bridgehead atoms. The average molecular weight is 378 g/mol. The lowest BCUT2D eigenvalue weighted by molar-refractivity contribution is -0.667. The van der Waals surface area contributed by atoms with Crippen molar-refractivity contribution in [3.63, 3.8) is 0 Å². The third-order valence-electron chi connectivity index (χ3n) is 3.38. The van der Waals surface area contributed by atoms with Crippen molar-refractivity contribution in [1.82, 2.24) is 10.2 Å². The van der Waals surface area contributed by atoms with Crippen molar-refractivity contribution >= 4 is 29.3 Å². The van der Waals surface area contributed by atoms with E-state index in [1.807, 2.05) is 0 Å². The summed E-state index contributed by atoms with van der Waals surface area (Å²) >= 11 is 5.86. The number of benzene rings is 1. The quantitative estimate of drug-likeness (QED) is 0.738. The highest BCUT2D eigenvalue weighted by Gasteiger charge is 2.59. The standard InChI is InChI=1S/C18H22ClN3O3/c1-17(2,3)22-14(12-5-7-13(19)8-6-12)15(23)20-18(22)9-4-10-21(11-18)16(24)25/h5-8H,4,9-11H2,1-3H3,(H-,20,23,24,25)/p+1/i4D2,5D,6D,7D,8D,9D2,10D2,11D2/hD. The number of carbonyl (C=O) groups is 2. The van der Waals surface area contributed by atoms with Crippen LogP contribution >= 0.6 is 11.6 Å². The second-order valence-corrected chi connectivity index (χ2v) is 6.60. The monoisotopic (exact) mass is 377 g/mol. The molecule has 0 saturated carbocycles. The normalized spacial score (nSPS) is 40.0. The maximum Gasteiger partial charge on any atom is 0.407 e. The second-order valence-electron chi connectivity index (χ2n) is 6.22. The predicted octanol–water partition coefficient (Wildman–Crippen LogP) is 2.54. The first-order chi connectivity index (χ1) is 16.8. The first-order valence-electron chi connectivity index (χ1n) is 13.6. The van der Waals surface area contributed by atoms with E-state index in [-0.39, 0.29) is 5.31 Å². The van der Waals surface area contributed by atoms with Crippen molar-refractivity contribution in [3.05, 3.63) is 34.8 Å². The summed E-state index contributed by atoms with van der Waals surface area (Å²) in [6.07, 6.45) is -10.2. The molecule has 7 heteroatoms. The number of piperidine rings is 1. The Balaban J connectivity index is 2.74. The highest BCUT2D eigenvalue weighted by atomic mass is 35.5. The number of carbonyl (C=O) groups excluding carboxylic acids is 1. The van der Waals surface area contributed by atoms with Crippen LogP contribution in [0.2, 0.25) is 6.43 Å². The molecule has 2 heterocycles. The molecule has 6 nitrogen and oxygen atoms in total. The zero-order chi connectivity index (χ0) is 29.9. The Kier molecular flexibility index (Phi) is 1.84. The van der Waals surface area contributed by atoms with Gasteiger partial charge in [0.25, 0.3) is 11.4 Å². The summed E-state index contributed by atoms with van der Waals surface area (Å²) in [5, 5.41) is 8.84. The number of hydrogen-bond donors (Lipinski definition) is 2. The van der Waals surface area contributed by atoms with Crippen LogP contribution < -0.4 is 5.31 Å². The van der Waals surface area contributed by atoms with Crippen molar-refractivity contribution in [2.75, 3.05) is 13.0 Å². The van der Waals surface area contributed by atoms with Crippen LogP contribution in [0.4, 0.5) is 4.79 Å². The molecule has 0 radical (unpaired) electrons. The Labute approximate surface area is 170 Å². The first kappa shape index (κ1) is 7.66. The SMILES string of the molecule is [2H]c1c([2H])c(C2=[N+](C(C)(C)C)C3(N([2H])C2=O)C([2H])([2H])N(C(=O)O)C([2H])([2H])C([2H])([2H])C3([2H])[2H])c([2H])c([2H])c1Cl. The molecular weight excluding hydrogens is 342 g/mol. The maximum absolute atomic E-state index is 13.7. The van der Waals surface area contributed by atoms with Crippen molar-refractivity contribution in [2.24, 2.45) is 0 Å². The minimum atomic E-state index is -3.91. The van der Waals surface area contributed by atoms with Gasteiger partial charge in [0.05, 0.1) is 13.8 Å². The topological polar surface area (TPSA) is 72.7 Å². The molecule has 1 saturated heterocycles. The fraction of sp³-hybridized carbons (Fsp3) is 0.500. The van der Waals surface area contributed by atoms with Gasteiger partial charge < -0.3 is 5.11 Å². The van der Waals surface area contributed by atoms with Crippen LogP contribution in [-0.4, -0.2) is 56.5 Å². The van der Waals surface area contributed by atoms with E-state index in [0.717, 1.165) is 0 Å². The molecule has 1 aromatic rings. The number of rotatable bonds is 1. The van der Waals surface area contributed by atoms with Crippen LogP contribution in [0.15, 0.2) is 24.2 Å². The van der Waals surface area contributed by atoms with Gasteiger partial charge >= 0.3 is 12.0 Å². The Morgan fingerprint density at radius 1 is 1.48 bits per heavy atom. The number of likely N-dealkylation sites (tertiary alicyclic amines) is 1. The van der Waals surface area contributed by atoms with Gasteiger partial charge in [-0.05, 0) is 51.3 Å². The molecule has 2 aliphatic rings. The minimum absolute atomic E-state index is 0.350. The van der Waals surface area contributed by atoms with Gasteiger partial charge in [-0.15, -0.1) is 0 Å². The van der Waals surface area contributed by atoms with E-state index in [2.05, 4.69) is 0 Å². The Bertz CT molecular complexity index is 1280. The van der Waals surface area contributed by atoms with Gasteiger partial charge in [-0.3, -0.25) is 15.0 Å². The summed E-state index contributed by atoms with van der Waals surface area (Å²) < 4.78 is 110. The summed E-state index contributed by atoms with van der Waals surface area (Å²) in [4.78, 5) is 25.3. The molecular formula is C18H23ClN3O3+. The Hall–Kier alpha value is -2.08. The molecule has 25 heavy (non-hydrogen) atoms. The van der Waals surface area contributed by atoms with Crippen LogP contribution in [0.3, 0.4) is 0 Å². The highest BCUT2D eigenvalue weighted by molar-refractivity contribution is 6.44. The lowest BCUT2D eigenvalue weighted by atomic mass is 9.93. The lowest BCUT2D eigenvalue weighted by Gasteiger charge is -2.39. The van der Waals surface area contributed by atoms with Gasteiger partial charge in [0, 0.05) is 26.1 Å². The molecule has 2 aliphatic heterocycles. The van der Waals surface area contributed by atoms with Crippen LogP contribution in [0.5, 0.6) is 0 Å². The van der Waals surface area contributed by atoms with Gasteiger partial charge in [-0.1, -0.05) is 11.6 Å². The molecule has 1 fully saturated rings. The maximum atomic E-state index is 13.7. The number of amides is 2. The molecule has 1 unspecified atom stereocenters. The van der Waals surface area contributed by atoms with Gasteiger partial charge in [0.2, 0.25) is 0 Å². The summed E-state index contributed by atoms with van der Waals surface area (Å²) in [5.41, 5.74) is -7.09.